The first-order chi connectivity index (χ1) is 13.1. The van der Waals surface area contributed by atoms with E-state index >= 15 is 0 Å². The Hall–Kier alpha value is -3.18. The summed E-state index contributed by atoms with van der Waals surface area (Å²) >= 11 is 0. The Morgan fingerprint density at radius 3 is 2.74 bits per heavy atom. The predicted octanol–water partition coefficient (Wildman–Crippen LogP) is 4.01. The molecule has 136 valence electrons. The lowest BCUT2D eigenvalue weighted by molar-refractivity contribution is 0.0696. The van der Waals surface area contributed by atoms with Gasteiger partial charge in [0, 0.05) is 24.0 Å². The van der Waals surface area contributed by atoms with E-state index in [-0.39, 0.29) is 5.75 Å². The van der Waals surface area contributed by atoms with Crippen LogP contribution in [-0.4, -0.2) is 39.2 Å². The van der Waals surface area contributed by atoms with E-state index in [4.69, 9.17) is 4.98 Å². The zero-order valence-electron chi connectivity index (χ0n) is 15.0. The Balaban J connectivity index is 1.99. The smallest absolute Gasteiger partial charge is 0.336 e. The van der Waals surface area contributed by atoms with Crippen molar-refractivity contribution in [1.82, 2.24) is 9.88 Å². The number of aromatic hydroxyl groups is 1. The van der Waals surface area contributed by atoms with Crippen LogP contribution in [0.1, 0.15) is 34.1 Å². The number of phenolic OH excluding ortho intramolecular Hbond substituents is 1. The molecule has 0 fully saturated rings. The van der Waals surface area contributed by atoms with Crippen molar-refractivity contribution in [3.8, 4) is 5.75 Å². The monoisotopic (exact) mass is 360 g/mol. The summed E-state index contributed by atoms with van der Waals surface area (Å²) in [5.74, 6) is -0.732. The van der Waals surface area contributed by atoms with Crippen LogP contribution in [0.25, 0.3) is 22.6 Å². The topological polar surface area (TPSA) is 73.7 Å². The Kier molecular flexibility index (Phi) is 4.38. The van der Waals surface area contributed by atoms with Gasteiger partial charge >= 0.3 is 5.97 Å². The summed E-state index contributed by atoms with van der Waals surface area (Å²) in [6.07, 6.45) is 1.98. The number of aromatic carboxylic acids is 1. The van der Waals surface area contributed by atoms with Crippen molar-refractivity contribution in [3.05, 3.63) is 70.9 Å². The fourth-order valence-electron chi connectivity index (χ4n) is 3.66. The van der Waals surface area contributed by atoms with E-state index in [9.17, 15) is 15.0 Å². The molecule has 3 aromatic rings. The maximum Gasteiger partial charge on any atom is 0.336 e. The van der Waals surface area contributed by atoms with Gasteiger partial charge in [0.2, 0.25) is 0 Å². The molecule has 2 N–H and O–H groups in total. The number of fused-ring (bicyclic) bond motifs is 2. The second kappa shape index (κ2) is 6.85. The molecule has 5 nitrogen and oxygen atoms in total. The van der Waals surface area contributed by atoms with Crippen LogP contribution in [0.4, 0.5) is 0 Å². The van der Waals surface area contributed by atoms with Crippen molar-refractivity contribution in [2.75, 3.05) is 13.1 Å². The fourth-order valence-corrected chi connectivity index (χ4v) is 3.66. The van der Waals surface area contributed by atoms with Crippen LogP contribution in [0.2, 0.25) is 0 Å². The summed E-state index contributed by atoms with van der Waals surface area (Å²) in [7, 11) is 0. The number of carboxylic acids is 1. The van der Waals surface area contributed by atoms with E-state index in [2.05, 4.69) is 11.8 Å². The highest BCUT2D eigenvalue weighted by Crippen LogP contribution is 2.34. The first kappa shape index (κ1) is 17.2. The number of rotatable bonds is 3. The number of benzene rings is 2. The number of phenols is 1. The Bertz CT molecular complexity index is 1070. The Morgan fingerprint density at radius 1 is 1.19 bits per heavy atom. The summed E-state index contributed by atoms with van der Waals surface area (Å²) < 4.78 is 0. The summed E-state index contributed by atoms with van der Waals surface area (Å²) in [6, 6.07) is 14.4. The quantitative estimate of drug-likeness (QED) is 0.738. The van der Waals surface area contributed by atoms with Crippen LogP contribution in [0, 0.1) is 0 Å². The van der Waals surface area contributed by atoms with E-state index in [0.717, 1.165) is 28.9 Å². The third-order valence-corrected chi connectivity index (χ3v) is 4.95. The van der Waals surface area contributed by atoms with Gasteiger partial charge in [0.05, 0.1) is 16.8 Å². The molecule has 1 aliphatic rings. The zero-order valence-corrected chi connectivity index (χ0v) is 15.0. The molecule has 0 spiro atoms. The van der Waals surface area contributed by atoms with Crippen molar-refractivity contribution < 1.29 is 15.0 Å². The molecule has 0 amide bonds. The molecule has 0 atom stereocenters. The number of likely N-dealkylation sites (N-methyl/N-ethyl adjacent to an activating group) is 1. The van der Waals surface area contributed by atoms with Crippen LogP contribution < -0.4 is 0 Å². The minimum absolute atomic E-state index is 0.199. The summed E-state index contributed by atoms with van der Waals surface area (Å²) in [5, 5.41) is 20.3. The molecule has 0 bridgehead atoms. The lowest BCUT2D eigenvalue weighted by Crippen LogP contribution is -2.31. The molecule has 0 saturated carbocycles. The van der Waals surface area contributed by atoms with Crippen LogP contribution in [0.3, 0.4) is 0 Å². The average Bonchev–Trinajstić information content (AvgIpc) is 2.66. The summed E-state index contributed by atoms with van der Waals surface area (Å²) in [4.78, 5) is 19.1. The highest BCUT2D eigenvalue weighted by atomic mass is 16.4. The number of nitrogens with zero attached hydrogens (tertiary/aromatic N) is 2. The molecule has 2 heterocycles. The Labute approximate surface area is 157 Å². The molecule has 0 saturated heterocycles. The van der Waals surface area contributed by atoms with Gasteiger partial charge in [0.15, 0.2) is 0 Å². The molecule has 0 radical (unpaired) electrons. The van der Waals surface area contributed by atoms with Gasteiger partial charge in [0.1, 0.15) is 5.75 Å². The highest BCUT2D eigenvalue weighted by Gasteiger charge is 2.27. The normalized spacial score (nSPS) is 15.8. The minimum Gasteiger partial charge on any atom is -0.508 e. The van der Waals surface area contributed by atoms with Crippen LogP contribution in [0.5, 0.6) is 5.75 Å². The van der Waals surface area contributed by atoms with Crippen molar-refractivity contribution in [2.45, 2.75) is 13.5 Å². The molecular formula is C22H20N2O3. The highest BCUT2D eigenvalue weighted by molar-refractivity contribution is 6.06. The number of pyridine rings is 1. The number of hydrogen-bond donors (Lipinski definition) is 2. The van der Waals surface area contributed by atoms with Gasteiger partial charge < -0.3 is 10.2 Å². The second-order valence-electron chi connectivity index (χ2n) is 6.70. The lowest BCUT2D eigenvalue weighted by atomic mass is 9.92. The third kappa shape index (κ3) is 3.17. The predicted molar refractivity (Wildman–Crippen MR) is 106 cm³/mol. The van der Waals surface area contributed by atoms with Gasteiger partial charge in [-0.15, -0.1) is 0 Å². The second-order valence-corrected chi connectivity index (χ2v) is 6.70. The van der Waals surface area contributed by atoms with Gasteiger partial charge in [-0.3, -0.25) is 4.90 Å². The van der Waals surface area contributed by atoms with Gasteiger partial charge in [-0.05, 0) is 42.0 Å². The molecular weight excluding hydrogens is 340 g/mol. The third-order valence-electron chi connectivity index (χ3n) is 4.95. The van der Waals surface area contributed by atoms with Gasteiger partial charge in [-0.25, -0.2) is 9.78 Å². The maximum absolute atomic E-state index is 12.1. The minimum atomic E-state index is -0.931. The van der Waals surface area contributed by atoms with Gasteiger partial charge in [0.25, 0.3) is 0 Å². The SMILES string of the molecule is CCN1C/C(=C/c2cccc(O)c2)c2nc3ccccc3c(C(=O)O)c2C1. The number of hydrogen-bond acceptors (Lipinski definition) is 4. The number of aromatic nitrogens is 1. The largest absolute Gasteiger partial charge is 0.508 e. The molecule has 27 heavy (non-hydrogen) atoms. The van der Waals surface area contributed by atoms with E-state index in [1.807, 2.05) is 36.4 Å². The molecule has 0 aliphatic carbocycles. The van der Waals surface area contributed by atoms with E-state index in [0.29, 0.717) is 29.6 Å². The lowest BCUT2D eigenvalue weighted by Gasteiger charge is -2.30. The van der Waals surface area contributed by atoms with E-state index in [1.165, 1.54) is 0 Å². The van der Waals surface area contributed by atoms with Crippen LogP contribution in [0.15, 0.2) is 48.5 Å². The number of carbonyl (C=O) groups is 1. The molecule has 5 heteroatoms. The molecule has 2 aromatic carbocycles. The molecule has 1 aromatic heterocycles. The van der Waals surface area contributed by atoms with Crippen LogP contribution >= 0.6 is 0 Å². The standard InChI is InChI=1S/C22H20N2O3/c1-2-24-12-15(10-14-6-5-7-16(25)11-14)21-18(13-24)20(22(26)27)17-8-3-4-9-19(17)23-21/h3-11,25H,2,12-13H2,1H3,(H,26,27)/b15-10-. The van der Waals surface area contributed by atoms with Crippen molar-refractivity contribution >= 4 is 28.5 Å². The van der Waals surface area contributed by atoms with Crippen molar-refractivity contribution in [1.29, 1.82) is 0 Å². The van der Waals surface area contributed by atoms with Crippen molar-refractivity contribution in [2.24, 2.45) is 0 Å². The average molecular weight is 360 g/mol. The first-order valence-corrected chi connectivity index (χ1v) is 8.94. The van der Waals surface area contributed by atoms with Gasteiger partial charge in [-0.2, -0.15) is 0 Å². The van der Waals surface area contributed by atoms with Crippen molar-refractivity contribution in [3.63, 3.8) is 0 Å². The number of para-hydroxylation sites is 1. The van der Waals surface area contributed by atoms with E-state index < -0.39 is 5.97 Å². The zero-order chi connectivity index (χ0) is 19.0. The summed E-state index contributed by atoms with van der Waals surface area (Å²) in [5.41, 5.74) is 4.31. The Morgan fingerprint density at radius 2 is 2.00 bits per heavy atom. The number of carboxylic acid groups (broad SMARTS) is 1. The molecule has 4 rings (SSSR count). The van der Waals surface area contributed by atoms with Crippen LogP contribution in [-0.2, 0) is 6.54 Å². The summed E-state index contributed by atoms with van der Waals surface area (Å²) in [6.45, 7) is 4.11. The first-order valence-electron chi connectivity index (χ1n) is 8.94. The maximum atomic E-state index is 12.1. The van der Waals surface area contributed by atoms with Gasteiger partial charge in [-0.1, -0.05) is 37.3 Å². The fraction of sp³-hybridized carbons (Fsp3) is 0.182. The molecule has 1 aliphatic heterocycles. The van der Waals surface area contributed by atoms with E-state index in [1.54, 1.807) is 18.2 Å². The molecule has 0 unspecified atom stereocenters.